The lowest BCUT2D eigenvalue weighted by Crippen LogP contribution is -2.40. The highest BCUT2D eigenvalue weighted by atomic mass is 32.2. The van der Waals surface area contributed by atoms with Crippen molar-refractivity contribution in [3.8, 4) is 0 Å². The van der Waals surface area contributed by atoms with E-state index in [2.05, 4.69) is 20.8 Å². The molecule has 1 aromatic heterocycles. The van der Waals surface area contributed by atoms with Crippen LogP contribution in [-0.4, -0.2) is 69.4 Å². The average Bonchev–Trinajstić information content (AvgIpc) is 3.25. The number of hydrogen-bond acceptors (Lipinski definition) is 7. The minimum Gasteiger partial charge on any atom is -0.378 e. The molecule has 0 spiro atoms. The monoisotopic (exact) mass is 508 g/mol. The molecule has 0 unspecified atom stereocenters. The van der Waals surface area contributed by atoms with E-state index in [1.54, 1.807) is 46.8 Å². The van der Waals surface area contributed by atoms with Crippen molar-refractivity contribution in [2.75, 3.05) is 37.4 Å². The topological polar surface area (TPSA) is 118 Å². The Morgan fingerprint density at radius 2 is 1.83 bits per heavy atom. The van der Waals surface area contributed by atoms with Crippen LogP contribution in [0.25, 0.3) is 0 Å². The fraction of sp³-hybridized carbons (Fsp3) is 0.320. The number of ether oxygens (including phenoxy) is 1. The summed E-state index contributed by atoms with van der Waals surface area (Å²) in [5.41, 5.74) is 2.58. The third-order valence-corrected chi connectivity index (χ3v) is 6.77. The van der Waals surface area contributed by atoms with Gasteiger partial charge in [-0.1, -0.05) is 36.0 Å². The fourth-order valence-corrected chi connectivity index (χ4v) is 4.44. The predicted molar refractivity (Wildman–Crippen MR) is 136 cm³/mol. The number of hydrogen-bond donors (Lipinski definition) is 2. The summed E-state index contributed by atoms with van der Waals surface area (Å²) >= 11 is 1.24. The highest BCUT2D eigenvalue weighted by molar-refractivity contribution is 7.99. The van der Waals surface area contributed by atoms with Gasteiger partial charge in [-0.25, -0.2) is 0 Å². The van der Waals surface area contributed by atoms with E-state index >= 15 is 0 Å². The predicted octanol–water partition coefficient (Wildman–Crippen LogP) is 2.26. The zero-order valence-corrected chi connectivity index (χ0v) is 21.0. The van der Waals surface area contributed by atoms with Gasteiger partial charge in [-0.2, -0.15) is 0 Å². The number of carbonyl (C=O) groups is 3. The molecule has 0 aliphatic carbocycles. The molecule has 0 bridgehead atoms. The van der Waals surface area contributed by atoms with Crippen LogP contribution in [0.1, 0.15) is 32.1 Å². The lowest BCUT2D eigenvalue weighted by molar-refractivity contribution is -0.113. The van der Waals surface area contributed by atoms with Crippen LogP contribution in [0.5, 0.6) is 0 Å². The summed E-state index contributed by atoms with van der Waals surface area (Å²) in [6.45, 7) is 4.27. The van der Waals surface area contributed by atoms with Crippen LogP contribution in [0.2, 0.25) is 0 Å². The van der Waals surface area contributed by atoms with Crippen LogP contribution in [0.15, 0.2) is 53.7 Å². The summed E-state index contributed by atoms with van der Waals surface area (Å²) in [6, 6.07) is 14.3. The molecule has 4 rings (SSSR count). The highest BCUT2D eigenvalue weighted by Gasteiger charge is 2.19. The second-order valence-electron chi connectivity index (χ2n) is 8.28. The zero-order valence-electron chi connectivity index (χ0n) is 20.2. The summed E-state index contributed by atoms with van der Waals surface area (Å²) < 4.78 is 7.05. The van der Waals surface area contributed by atoms with Crippen molar-refractivity contribution in [3.05, 3.63) is 71.0 Å². The van der Waals surface area contributed by atoms with Gasteiger partial charge in [-0.3, -0.25) is 14.4 Å². The van der Waals surface area contributed by atoms with Crippen LogP contribution in [-0.2, 0) is 23.1 Å². The van der Waals surface area contributed by atoms with Crippen molar-refractivity contribution in [1.82, 2.24) is 25.0 Å². The first-order valence-electron chi connectivity index (χ1n) is 11.5. The quantitative estimate of drug-likeness (QED) is 0.448. The van der Waals surface area contributed by atoms with Crippen molar-refractivity contribution in [2.45, 2.75) is 18.6 Å². The maximum Gasteiger partial charge on any atom is 0.254 e. The lowest BCUT2D eigenvalue weighted by atomic mass is 10.1. The number of benzene rings is 2. The Morgan fingerprint density at radius 3 is 2.61 bits per heavy atom. The number of nitrogens with zero attached hydrogens (tertiary/aromatic N) is 4. The van der Waals surface area contributed by atoms with Crippen molar-refractivity contribution in [2.24, 2.45) is 7.05 Å². The Hall–Kier alpha value is -3.70. The molecule has 2 heterocycles. The number of thioether (sulfide) groups is 1. The molecule has 3 aromatic rings. The molecule has 1 fully saturated rings. The Labute approximate surface area is 213 Å². The summed E-state index contributed by atoms with van der Waals surface area (Å²) in [5.74, 6) is 0.204. The molecule has 11 heteroatoms. The van der Waals surface area contributed by atoms with E-state index in [0.717, 1.165) is 5.56 Å². The van der Waals surface area contributed by atoms with Crippen molar-refractivity contribution in [1.29, 1.82) is 0 Å². The van der Waals surface area contributed by atoms with E-state index in [0.29, 0.717) is 54.1 Å². The Kier molecular flexibility index (Phi) is 8.34. The summed E-state index contributed by atoms with van der Waals surface area (Å²) in [6.07, 6.45) is 0. The van der Waals surface area contributed by atoms with Gasteiger partial charge in [0, 0.05) is 37.0 Å². The maximum absolute atomic E-state index is 12.7. The number of amides is 3. The van der Waals surface area contributed by atoms with Gasteiger partial charge in [0.2, 0.25) is 5.91 Å². The van der Waals surface area contributed by atoms with Gasteiger partial charge in [-0.05, 0) is 36.8 Å². The van der Waals surface area contributed by atoms with Gasteiger partial charge in [0.1, 0.15) is 0 Å². The summed E-state index contributed by atoms with van der Waals surface area (Å²) in [4.78, 5) is 39.4. The smallest absolute Gasteiger partial charge is 0.254 e. The number of aromatic nitrogens is 3. The second kappa shape index (κ2) is 11.8. The molecule has 1 aliphatic rings. The zero-order chi connectivity index (χ0) is 25.5. The summed E-state index contributed by atoms with van der Waals surface area (Å²) in [5, 5.41) is 14.5. The highest BCUT2D eigenvalue weighted by Crippen LogP contribution is 2.18. The average molecular weight is 509 g/mol. The number of aryl methyl sites for hydroxylation is 1. The molecule has 3 amide bonds. The molecule has 2 N–H and O–H groups in total. The fourth-order valence-electron chi connectivity index (χ4n) is 3.71. The largest absolute Gasteiger partial charge is 0.378 e. The first-order valence-corrected chi connectivity index (χ1v) is 12.5. The van der Waals surface area contributed by atoms with Crippen molar-refractivity contribution >= 4 is 35.2 Å². The minimum absolute atomic E-state index is 0.0788. The van der Waals surface area contributed by atoms with E-state index in [4.69, 9.17) is 4.74 Å². The van der Waals surface area contributed by atoms with Crippen LogP contribution in [0, 0.1) is 6.92 Å². The SMILES string of the molecule is Cc1ccccc1C(=O)NCc1nnc(SCC(=O)Nc2cccc(C(=O)N3CCOCC3)c2)n1C. The third-order valence-electron chi connectivity index (χ3n) is 5.75. The first-order chi connectivity index (χ1) is 17.4. The molecular weight excluding hydrogens is 480 g/mol. The Bertz CT molecular complexity index is 1250. The minimum atomic E-state index is -0.228. The number of anilines is 1. The summed E-state index contributed by atoms with van der Waals surface area (Å²) in [7, 11) is 1.79. The number of carbonyl (C=O) groups excluding carboxylic acids is 3. The molecule has 0 radical (unpaired) electrons. The van der Waals surface area contributed by atoms with E-state index in [1.165, 1.54) is 11.8 Å². The van der Waals surface area contributed by atoms with E-state index < -0.39 is 0 Å². The first kappa shape index (κ1) is 25.4. The molecule has 1 saturated heterocycles. The normalized spacial score (nSPS) is 13.3. The van der Waals surface area contributed by atoms with Crippen molar-refractivity contribution < 1.29 is 19.1 Å². The number of rotatable bonds is 8. The molecule has 0 saturated carbocycles. The van der Waals surface area contributed by atoms with Crippen molar-refractivity contribution in [3.63, 3.8) is 0 Å². The third kappa shape index (κ3) is 6.29. The van der Waals surface area contributed by atoms with E-state index in [-0.39, 0.29) is 30.0 Å². The molecule has 10 nitrogen and oxygen atoms in total. The standard InChI is InChI=1S/C25H28N6O4S/c1-17-6-3-4-9-20(17)23(33)26-15-21-28-29-25(30(21)2)36-16-22(32)27-19-8-5-7-18(14-19)24(34)31-10-12-35-13-11-31/h3-9,14H,10-13,15-16H2,1-2H3,(H,26,33)(H,27,32). The molecule has 2 aromatic carbocycles. The van der Waals surface area contributed by atoms with Gasteiger partial charge in [-0.15, -0.1) is 10.2 Å². The number of nitrogens with one attached hydrogen (secondary N) is 2. The van der Waals surface area contributed by atoms with Gasteiger partial charge >= 0.3 is 0 Å². The second-order valence-corrected chi connectivity index (χ2v) is 9.22. The molecule has 0 atom stereocenters. The van der Waals surface area contributed by atoms with Crippen LogP contribution >= 0.6 is 11.8 Å². The molecule has 1 aliphatic heterocycles. The van der Waals surface area contributed by atoms with E-state index in [9.17, 15) is 14.4 Å². The molecule has 188 valence electrons. The molecule has 36 heavy (non-hydrogen) atoms. The maximum atomic E-state index is 12.7. The van der Waals surface area contributed by atoms with Crippen LogP contribution < -0.4 is 10.6 Å². The Morgan fingerprint density at radius 1 is 1.06 bits per heavy atom. The van der Waals surface area contributed by atoms with Gasteiger partial charge < -0.3 is 24.8 Å². The lowest BCUT2D eigenvalue weighted by Gasteiger charge is -2.27. The number of morpholine rings is 1. The van der Waals surface area contributed by atoms with Gasteiger partial charge in [0.25, 0.3) is 11.8 Å². The Balaban J connectivity index is 1.28. The van der Waals surface area contributed by atoms with Crippen LogP contribution in [0.4, 0.5) is 5.69 Å². The van der Waals surface area contributed by atoms with E-state index in [1.807, 2.05) is 25.1 Å². The molecular formula is C25H28N6O4S. The van der Waals surface area contributed by atoms with Crippen LogP contribution in [0.3, 0.4) is 0 Å². The van der Waals surface area contributed by atoms with Gasteiger partial charge in [0.15, 0.2) is 11.0 Å². The van der Waals surface area contributed by atoms with Gasteiger partial charge in [0.05, 0.1) is 25.5 Å².